The molecule has 3 aromatic heterocycles. The van der Waals surface area contributed by atoms with E-state index in [1.807, 2.05) is 0 Å². The minimum absolute atomic E-state index is 0.109. The molecular formula is C24H14F5N7O. The van der Waals surface area contributed by atoms with E-state index in [-0.39, 0.29) is 22.8 Å². The third-order valence-electron chi connectivity index (χ3n) is 5.29. The fraction of sp³-hybridized carbons (Fsp3) is 0.0417. The summed E-state index contributed by atoms with van der Waals surface area (Å²) >= 11 is 0. The van der Waals surface area contributed by atoms with Crippen LogP contribution in [0.5, 0.6) is 0 Å². The maximum Gasteiger partial charge on any atom is 0.421 e. The van der Waals surface area contributed by atoms with Crippen LogP contribution in [-0.4, -0.2) is 30.8 Å². The van der Waals surface area contributed by atoms with Gasteiger partial charge < -0.3 is 15.6 Å². The van der Waals surface area contributed by atoms with Crippen LogP contribution in [0.25, 0.3) is 22.4 Å². The van der Waals surface area contributed by atoms with Crippen LogP contribution in [0, 0.1) is 11.6 Å². The van der Waals surface area contributed by atoms with Gasteiger partial charge in [-0.3, -0.25) is 4.79 Å². The molecule has 5 aromatic rings. The predicted molar refractivity (Wildman–Crippen MR) is 124 cm³/mol. The summed E-state index contributed by atoms with van der Waals surface area (Å²) in [6.45, 7) is 0. The van der Waals surface area contributed by atoms with E-state index in [1.54, 1.807) is 0 Å². The summed E-state index contributed by atoms with van der Waals surface area (Å²) in [7, 11) is 0. The molecule has 1 amide bonds. The molecule has 0 aliphatic carbocycles. The van der Waals surface area contributed by atoms with Crippen LogP contribution >= 0.6 is 0 Å². The van der Waals surface area contributed by atoms with Crippen LogP contribution in [0.4, 0.5) is 39.1 Å². The van der Waals surface area contributed by atoms with Crippen LogP contribution in [0.3, 0.4) is 0 Å². The molecular weight excluding hydrogens is 497 g/mol. The molecule has 3 N–H and O–H groups in total. The van der Waals surface area contributed by atoms with Gasteiger partial charge in [0.1, 0.15) is 40.6 Å². The Morgan fingerprint density at radius 3 is 2.49 bits per heavy atom. The molecule has 0 aliphatic rings. The number of aromatic nitrogens is 5. The molecule has 0 aliphatic heterocycles. The number of hydrogen-bond acceptors (Lipinski definition) is 6. The number of amides is 1. The fourth-order valence-corrected chi connectivity index (χ4v) is 3.67. The van der Waals surface area contributed by atoms with E-state index in [2.05, 4.69) is 35.6 Å². The number of rotatable bonds is 5. The number of halogens is 5. The average molecular weight is 511 g/mol. The zero-order valence-corrected chi connectivity index (χ0v) is 18.4. The highest BCUT2D eigenvalue weighted by atomic mass is 19.4. The summed E-state index contributed by atoms with van der Waals surface area (Å²) in [6.07, 6.45) is -1.19. The van der Waals surface area contributed by atoms with E-state index in [9.17, 15) is 26.7 Å². The Hall–Kier alpha value is -4.94. The van der Waals surface area contributed by atoms with Crippen molar-refractivity contribution in [1.29, 1.82) is 0 Å². The van der Waals surface area contributed by atoms with Crippen molar-refractivity contribution in [3.05, 3.63) is 90.1 Å². The summed E-state index contributed by atoms with van der Waals surface area (Å²) in [4.78, 5) is 31.9. The van der Waals surface area contributed by atoms with Crippen LogP contribution < -0.4 is 10.6 Å². The quantitative estimate of drug-likeness (QED) is 0.261. The summed E-state index contributed by atoms with van der Waals surface area (Å²) in [5.74, 6) is -3.60. The van der Waals surface area contributed by atoms with Crippen molar-refractivity contribution in [2.45, 2.75) is 6.18 Å². The average Bonchev–Trinajstić information content (AvgIpc) is 3.34. The lowest BCUT2D eigenvalue weighted by Crippen LogP contribution is -2.17. The van der Waals surface area contributed by atoms with Crippen molar-refractivity contribution in [2.24, 2.45) is 0 Å². The Balaban J connectivity index is 1.59. The first kappa shape index (κ1) is 23.8. The van der Waals surface area contributed by atoms with Crippen molar-refractivity contribution in [3.63, 3.8) is 0 Å². The van der Waals surface area contributed by atoms with Crippen molar-refractivity contribution in [2.75, 3.05) is 10.6 Å². The number of pyridine rings is 1. The van der Waals surface area contributed by atoms with Crippen LogP contribution in [0.2, 0.25) is 0 Å². The molecule has 0 spiro atoms. The highest BCUT2D eigenvalue weighted by Gasteiger charge is 2.38. The Labute approximate surface area is 204 Å². The molecule has 5 rings (SSSR count). The van der Waals surface area contributed by atoms with Crippen LogP contribution in [0.1, 0.15) is 15.9 Å². The molecule has 0 saturated carbocycles. The van der Waals surface area contributed by atoms with Crippen molar-refractivity contribution in [1.82, 2.24) is 24.9 Å². The highest BCUT2D eigenvalue weighted by molar-refractivity contribution is 6.05. The van der Waals surface area contributed by atoms with Gasteiger partial charge in [0.05, 0.1) is 17.7 Å². The second kappa shape index (κ2) is 9.26. The topological polar surface area (TPSA) is 108 Å². The van der Waals surface area contributed by atoms with E-state index < -0.39 is 40.5 Å². The largest absolute Gasteiger partial charge is 0.421 e. The van der Waals surface area contributed by atoms with E-state index in [1.165, 1.54) is 49.2 Å². The lowest BCUT2D eigenvalue weighted by Gasteiger charge is -2.18. The smallest absolute Gasteiger partial charge is 0.339 e. The first-order valence-corrected chi connectivity index (χ1v) is 10.6. The van der Waals surface area contributed by atoms with Crippen LogP contribution in [-0.2, 0) is 6.18 Å². The second-order valence-corrected chi connectivity index (χ2v) is 7.66. The Bertz CT molecular complexity index is 1630. The van der Waals surface area contributed by atoms with Gasteiger partial charge in [-0.1, -0.05) is 12.1 Å². The Kier molecular flexibility index (Phi) is 5.95. The maximum atomic E-state index is 14.8. The number of alkyl halides is 3. The number of fused-ring (bicyclic) bond motifs is 1. The minimum atomic E-state index is -5.12. The monoisotopic (exact) mass is 511 g/mol. The highest BCUT2D eigenvalue weighted by Crippen LogP contribution is 2.40. The molecule has 0 bridgehead atoms. The number of carbonyl (C=O) groups excluding carboxylic acids is 1. The fourth-order valence-electron chi connectivity index (χ4n) is 3.67. The van der Waals surface area contributed by atoms with E-state index >= 15 is 0 Å². The first-order valence-electron chi connectivity index (χ1n) is 10.6. The normalized spacial score (nSPS) is 11.5. The van der Waals surface area contributed by atoms with Gasteiger partial charge in [-0.15, -0.1) is 0 Å². The maximum absolute atomic E-state index is 14.8. The van der Waals surface area contributed by atoms with Gasteiger partial charge in [0, 0.05) is 17.3 Å². The third kappa shape index (κ3) is 4.66. The molecule has 0 atom stereocenters. The molecule has 13 heteroatoms. The zero-order chi connectivity index (χ0) is 26.2. The Morgan fingerprint density at radius 2 is 1.70 bits per heavy atom. The Morgan fingerprint density at radius 1 is 0.892 bits per heavy atom. The van der Waals surface area contributed by atoms with Crippen molar-refractivity contribution < 1.29 is 26.7 Å². The van der Waals surface area contributed by atoms with E-state index in [0.29, 0.717) is 17.2 Å². The van der Waals surface area contributed by atoms with Gasteiger partial charge in [-0.2, -0.15) is 13.2 Å². The SMILES string of the molecule is O=C(Nc1ccccc1F)c1cc(F)c(C(F)(F)F)c(Nc2ncccc2-c2ncnc3[nH]cnc23)c1. The van der Waals surface area contributed by atoms with Crippen molar-refractivity contribution >= 4 is 34.3 Å². The molecule has 37 heavy (non-hydrogen) atoms. The number of carbonyl (C=O) groups is 1. The lowest BCUT2D eigenvalue weighted by atomic mass is 10.1. The van der Waals surface area contributed by atoms with Gasteiger partial charge in [0.15, 0.2) is 5.65 Å². The molecule has 8 nitrogen and oxygen atoms in total. The number of hydrogen-bond donors (Lipinski definition) is 3. The molecule has 0 radical (unpaired) electrons. The molecule has 3 heterocycles. The first-order chi connectivity index (χ1) is 17.7. The predicted octanol–water partition coefficient (Wildman–Crippen LogP) is 5.71. The number of para-hydroxylation sites is 1. The number of anilines is 3. The number of H-pyrrole nitrogens is 1. The standard InChI is InChI=1S/C24H14F5N7O/c25-14-5-1-2-6-16(14)36-23(37)12-8-15(26)18(24(27,28)29)17(9-12)35-21-13(4-3-7-30-21)19-20-22(33-10-31-19)34-11-32-20/h1-11H,(H,30,35)(H,36,37)(H,31,32,33,34). The summed E-state index contributed by atoms with van der Waals surface area (Å²) in [5.41, 5.74) is -1.90. The molecule has 0 fully saturated rings. The third-order valence-corrected chi connectivity index (χ3v) is 5.29. The van der Waals surface area contributed by atoms with E-state index in [0.717, 1.165) is 12.1 Å². The molecule has 0 unspecified atom stereocenters. The molecule has 186 valence electrons. The van der Waals surface area contributed by atoms with E-state index in [4.69, 9.17) is 0 Å². The van der Waals surface area contributed by atoms with Crippen molar-refractivity contribution in [3.8, 4) is 11.3 Å². The second-order valence-electron chi connectivity index (χ2n) is 7.66. The molecule has 0 saturated heterocycles. The van der Waals surface area contributed by atoms with Gasteiger partial charge in [-0.05, 0) is 36.4 Å². The number of nitrogens with zero attached hydrogens (tertiary/aromatic N) is 4. The number of benzene rings is 2. The summed E-state index contributed by atoms with van der Waals surface area (Å²) in [5, 5.41) is 4.71. The van der Waals surface area contributed by atoms with Gasteiger partial charge in [0.2, 0.25) is 0 Å². The number of nitrogens with one attached hydrogen (secondary N) is 3. The lowest BCUT2D eigenvalue weighted by molar-refractivity contribution is -0.139. The number of imidazole rings is 1. The number of aromatic amines is 1. The minimum Gasteiger partial charge on any atom is -0.339 e. The zero-order valence-electron chi connectivity index (χ0n) is 18.4. The summed E-state index contributed by atoms with van der Waals surface area (Å²) < 4.78 is 70.3. The summed E-state index contributed by atoms with van der Waals surface area (Å²) in [6, 6.07) is 9.49. The van der Waals surface area contributed by atoms with Crippen LogP contribution in [0.15, 0.2) is 67.4 Å². The van der Waals surface area contributed by atoms with Gasteiger partial charge >= 0.3 is 6.18 Å². The molecule has 2 aromatic carbocycles. The van der Waals surface area contributed by atoms with Gasteiger partial charge in [-0.25, -0.2) is 28.7 Å². The van der Waals surface area contributed by atoms with Gasteiger partial charge in [0.25, 0.3) is 5.91 Å².